The number of thiophene rings is 1. The first-order chi connectivity index (χ1) is 16.1. The van der Waals surface area contributed by atoms with Gasteiger partial charge < -0.3 is 11.1 Å². The van der Waals surface area contributed by atoms with Gasteiger partial charge in [0.15, 0.2) is 0 Å². The smallest absolute Gasteiger partial charge is 0.365 e. The van der Waals surface area contributed by atoms with Gasteiger partial charge in [0.05, 0.1) is 22.0 Å². The Balaban J connectivity index is 1.80. The van der Waals surface area contributed by atoms with E-state index in [0.29, 0.717) is 16.9 Å². The third kappa shape index (κ3) is 4.78. The van der Waals surface area contributed by atoms with Crippen molar-refractivity contribution < 1.29 is 22.8 Å². The number of fused-ring (bicyclic) bond motifs is 1. The van der Waals surface area contributed by atoms with Crippen molar-refractivity contribution in [2.24, 2.45) is 5.73 Å². The highest BCUT2D eigenvalue weighted by molar-refractivity contribution is 14.1. The van der Waals surface area contributed by atoms with E-state index in [-0.39, 0.29) is 39.3 Å². The molecule has 0 saturated heterocycles. The van der Waals surface area contributed by atoms with E-state index in [1.165, 1.54) is 0 Å². The fourth-order valence-electron chi connectivity index (χ4n) is 3.44. The molecule has 0 aliphatic heterocycles. The van der Waals surface area contributed by atoms with Crippen molar-refractivity contribution >= 4 is 61.6 Å². The zero-order chi connectivity index (χ0) is 24.6. The lowest BCUT2D eigenvalue weighted by molar-refractivity contribution is -0.140. The average molecular weight is 599 g/mol. The van der Waals surface area contributed by atoms with Gasteiger partial charge in [-0.25, -0.2) is 4.98 Å². The molecule has 3 aromatic heterocycles. The molecule has 0 atom stereocenters. The van der Waals surface area contributed by atoms with E-state index in [2.05, 4.69) is 38.0 Å². The highest BCUT2D eigenvalue weighted by Gasteiger charge is 2.35. The van der Waals surface area contributed by atoms with Gasteiger partial charge in [-0.15, -0.1) is 11.3 Å². The first kappa shape index (κ1) is 24.1. The van der Waals surface area contributed by atoms with Crippen LogP contribution < -0.4 is 11.1 Å². The Bertz CT molecular complexity index is 1400. The summed E-state index contributed by atoms with van der Waals surface area (Å²) in [4.78, 5) is 28.6. The number of anilines is 1. The molecule has 0 unspecified atom stereocenters. The summed E-state index contributed by atoms with van der Waals surface area (Å²) in [5, 5.41) is 7.13. The number of nitrogens with zero attached hydrogens (tertiary/aromatic N) is 3. The minimum Gasteiger partial charge on any atom is -0.365 e. The molecule has 4 aromatic rings. The van der Waals surface area contributed by atoms with Crippen LogP contribution in [0, 0.1) is 10.5 Å². The normalized spacial score (nSPS) is 11.7. The van der Waals surface area contributed by atoms with Crippen molar-refractivity contribution in [3.05, 3.63) is 62.4 Å². The summed E-state index contributed by atoms with van der Waals surface area (Å²) in [6.07, 6.45) is -2.98. The van der Waals surface area contributed by atoms with Gasteiger partial charge in [-0.2, -0.15) is 18.3 Å². The molecule has 3 heterocycles. The van der Waals surface area contributed by atoms with Crippen LogP contribution in [0.3, 0.4) is 0 Å². The zero-order valence-electron chi connectivity index (χ0n) is 17.6. The van der Waals surface area contributed by atoms with Crippen LogP contribution in [0.2, 0.25) is 0 Å². The maximum Gasteiger partial charge on any atom is 0.433 e. The second-order valence-corrected chi connectivity index (χ2v) is 9.53. The third-order valence-corrected chi connectivity index (χ3v) is 7.28. The van der Waals surface area contributed by atoms with Crippen molar-refractivity contribution in [3.8, 4) is 11.1 Å². The van der Waals surface area contributed by atoms with Crippen LogP contribution in [0.1, 0.15) is 27.5 Å². The zero-order valence-corrected chi connectivity index (χ0v) is 20.6. The maximum absolute atomic E-state index is 13.6. The summed E-state index contributed by atoms with van der Waals surface area (Å²) in [7, 11) is 0. The van der Waals surface area contributed by atoms with Gasteiger partial charge in [-0.05, 0) is 46.7 Å². The number of rotatable bonds is 6. The number of nitrogens with one attached hydrogen (secondary N) is 1. The van der Waals surface area contributed by atoms with Gasteiger partial charge in [-0.1, -0.05) is 30.3 Å². The van der Waals surface area contributed by atoms with Crippen LogP contribution >= 0.6 is 33.9 Å². The number of halogens is 4. The van der Waals surface area contributed by atoms with Gasteiger partial charge in [0.1, 0.15) is 15.4 Å². The summed E-state index contributed by atoms with van der Waals surface area (Å²) in [6.45, 7) is 2.16. The first-order valence-corrected chi connectivity index (χ1v) is 11.8. The largest absolute Gasteiger partial charge is 0.433 e. The van der Waals surface area contributed by atoms with E-state index >= 15 is 0 Å². The van der Waals surface area contributed by atoms with Gasteiger partial charge in [-0.3, -0.25) is 14.3 Å². The highest BCUT2D eigenvalue weighted by Crippen LogP contribution is 2.43. The molecular weight excluding hydrogens is 582 g/mol. The molecule has 0 spiro atoms. The van der Waals surface area contributed by atoms with Crippen LogP contribution in [0.5, 0.6) is 0 Å². The predicted molar refractivity (Wildman–Crippen MR) is 132 cm³/mol. The number of amides is 2. The molecule has 0 radical (unpaired) electrons. The second-order valence-electron chi connectivity index (χ2n) is 7.37. The molecule has 0 aliphatic rings. The Morgan fingerprint density at radius 3 is 2.53 bits per heavy atom. The Kier molecular flexibility index (Phi) is 6.62. The molecule has 7 nitrogen and oxygen atoms in total. The minimum atomic E-state index is -4.70. The summed E-state index contributed by atoms with van der Waals surface area (Å²) in [5.41, 5.74) is 6.04. The van der Waals surface area contributed by atoms with Crippen molar-refractivity contribution in [1.29, 1.82) is 0 Å². The van der Waals surface area contributed by atoms with Gasteiger partial charge in [0.25, 0.3) is 5.91 Å². The number of alkyl halides is 3. The molecule has 34 heavy (non-hydrogen) atoms. The second kappa shape index (κ2) is 9.33. The lowest BCUT2D eigenvalue weighted by Gasteiger charge is -2.12. The molecule has 2 amide bonds. The Hall–Kier alpha value is -3.00. The number of pyridine rings is 1. The minimum absolute atomic E-state index is 0.0306. The van der Waals surface area contributed by atoms with E-state index in [4.69, 9.17) is 5.73 Å². The molecule has 0 bridgehead atoms. The molecule has 0 saturated carbocycles. The first-order valence-electron chi connectivity index (χ1n) is 9.94. The van der Waals surface area contributed by atoms with Crippen LogP contribution in [0.25, 0.3) is 21.3 Å². The van der Waals surface area contributed by atoms with E-state index in [9.17, 15) is 22.8 Å². The van der Waals surface area contributed by atoms with E-state index in [1.54, 1.807) is 41.2 Å². The standard InChI is InChI=1S/C22H17F3IN5O2S/c1-11-14(26)10-28-31(11)8-7-16(32)30-18-17-13(12-5-3-2-4-6-12)9-15(22(23,24)25)29-21(17)34-19(18)20(27)33/h2-6,9-10H,7-8H2,1H3,(H2,27,33)(H,30,32). The van der Waals surface area contributed by atoms with Crippen molar-refractivity contribution in [2.75, 3.05) is 5.32 Å². The fraction of sp³-hybridized carbons (Fsp3) is 0.182. The number of carbonyl (C=O) groups is 2. The molecule has 1 aromatic carbocycles. The number of carbonyl (C=O) groups excluding carboxylic acids is 2. The summed E-state index contributed by atoms with van der Waals surface area (Å²) in [5.74, 6) is -1.31. The Morgan fingerprint density at radius 2 is 1.94 bits per heavy atom. The van der Waals surface area contributed by atoms with Crippen molar-refractivity contribution in [3.63, 3.8) is 0 Å². The van der Waals surface area contributed by atoms with Crippen LogP contribution in [-0.4, -0.2) is 26.6 Å². The topological polar surface area (TPSA) is 103 Å². The quantitative estimate of drug-likeness (QED) is 0.297. The number of nitrogens with two attached hydrogens (primary N) is 1. The molecule has 176 valence electrons. The monoisotopic (exact) mass is 599 g/mol. The van der Waals surface area contributed by atoms with Crippen LogP contribution in [0.15, 0.2) is 42.6 Å². The molecule has 3 N–H and O–H groups in total. The van der Waals surface area contributed by atoms with Crippen molar-refractivity contribution in [1.82, 2.24) is 14.8 Å². The van der Waals surface area contributed by atoms with E-state index in [0.717, 1.165) is 15.3 Å². The number of primary amides is 1. The number of hydrogen-bond acceptors (Lipinski definition) is 5. The lowest BCUT2D eigenvalue weighted by atomic mass is 10.0. The van der Waals surface area contributed by atoms with Crippen molar-refractivity contribution in [2.45, 2.75) is 26.1 Å². The molecule has 0 aliphatic carbocycles. The molecule has 12 heteroatoms. The van der Waals surface area contributed by atoms with E-state index in [1.807, 2.05) is 6.92 Å². The number of aryl methyl sites for hydroxylation is 1. The van der Waals surface area contributed by atoms with Crippen LogP contribution in [-0.2, 0) is 17.5 Å². The summed E-state index contributed by atoms with van der Waals surface area (Å²) in [6, 6.07) is 9.30. The van der Waals surface area contributed by atoms with E-state index < -0.39 is 23.7 Å². The molecule has 0 fully saturated rings. The third-order valence-electron chi connectivity index (χ3n) is 5.12. The summed E-state index contributed by atoms with van der Waals surface area (Å²) < 4.78 is 43.3. The molecular formula is C22H17F3IN5O2S. The maximum atomic E-state index is 13.6. The van der Waals surface area contributed by atoms with Gasteiger partial charge >= 0.3 is 6.18 Å². The SMILES string of the molecule is Cc1c(I)cnn1CCC(=O)Nc1c(C(N)=O)sc2nc(C(F)(F)F)cc(-c3ccccc3)c12. The average Bonchev–Trinajstić information content (AvgIpc) is 3.32. The Morgan fingerprint density at radius 1 is 1.24 bits per heavy atom. The predicted octanol–water partition coefficient (Wildman–Crippen LogP) is 5.22. The fourth-order valence-corrected chi connectivity index (χ4v) is 4.85. The number of hydrogen-bond donors (Lipinski definition) is 2. The number of aromatic nitrogens is 3. The highest BCUT2D eigenvalue weighted by atomic mass is 127. The molecule has 4 rings (SSSR count). The lowest BCUT2D eigenvalue weighted by Crippen LogP contribution is -2.18. The van der Waals surface area contributed by atoms with Crippen LogP contribution in [0.4, 0.5) is 18.9 Å². The Labute approximate surface area is 209 Å². The van der Waals surface area contributed by atoms with Gasteiger partial charge in [0.2, 0.25) is 5.91 Å². The number of benzene rings is 1. The summed E-state index contributed by atoms with van der Waals surface area (Å²) >= 11 is 2.85. The van der Waals surface area contributed by atoms with Gasteiger partial charge in [0, 0.05) is 17.5 Å².